The van der Waals surface area contributed by atoms with E-state index in [1.165, 1.54) is 0 Å². The topological polar surface area (TPSA) is 61.8 Å². The van der Waals surface area contributed by atoms with Gasteiger partial charge in [-0.15, -0.1) is 0 Å². The van der Waals surface area contributed by atoms with Crippen LogP contribution in [0.1, 0.15) is 31.8 Å². The van der Waals surface area contributed by atoms with E-state index in [4.69, 9.17) is 14.2 Å². The highest BCUT2D eigenvalue weighted by atomic mass is 16.5. The minimum atomic E-state index is -0.169. The number of rotatable bonds is 6. The second kappa shape index (κ2) is 8.25. The molecule has 0 saturated heterocycles. The van der Waals surface area contributed by atoms with Crippen LogP contribution in [0, 0.1) is 6.92 Å². The van der Waals surface area contributed by atoms with Crippen LogP contribution in [0.15, 0.2) is 72.5 Å². The molecular weight excluding hydrogens is 380 g/mol. The summed E-state index contributed by atoms with van der Waals surface area (Å²) in [5.74, 6) is 1.60. The molecular formula is C25H20O5. The highest BCUT2D eigenvalue weighted by Crippen LogP contribution is 2.39. The van der Waals surface area contributed by atoms with Crippen LogP contribution < -0.4 is 14.2 Å². The molecule has 0 spiro atoms. The molecule has 0 aromatic heterocycles. The standard InChI is InChI=1S/C25H20O5/c1-16-22(29-15-21(26)18-8-10-19(28-2)11-9-18)13-12-20-24(27)23(30-25(16)20)14-17-6-4-3-5-7-17/h3-14H,15H2,1-2H3/b23-14-. The van der Waals surface area contributed by atoms with Crippen molar-refractivity contribution in [3.63, 3.8) is 0 Å². The Morgan fingerprint density at radius 2 is 1.73 bits per heavy atom. The predicted octanol–water partition coefficient (Wildman–Crippen LogP) is 4.88. The number of ether oxygens (including phenoxy) is 3. The Labute approximate surface area is 174 Å². The predicted molar refractivity (Wildman–Crippen MR) is 113 cm³/mol. The first-order valence-electron chi connectivity index (χ1n) is 9.50. The molecule has 150 valence electrons. The number of hydrogen-bond donors (Lipinski definition) is 0. The lowest BCUT2D eigenvalue weighted by Gasteiger charge is -2.11. The Kier molecular flexibility index (Phi) is 5.35. The molecule has 0 fully saturated rings. The third-order valence-corrected chi connectivity index (χ3v) is 4.90. The molecule has 1 aliphatic rings. The van der Waals surface area contributed by atoms with Gasteiger partial charge < -0.3 is 14.2 Å². The number of hydrogen-bond acceptors (Lipinski definition) is 5. The van der Waals surface area contributed by atoms with Gasteiger partial charge >= 0.3 is 0 Å². The number of carbonyl (C=O) groups is 2. The summed E-state index contributed by atoms with van der Waals surface area (Å²) in [4.78, 5) is 25.1. The lowest BCUT2D eigenvalue weighted by molar-refractivity contribution is 0.0920. The molecule has 1 aliphatic heterocycles. The van der Waals surface area contributed by atoms with Crippen molar-refractivity contribution in [3.05, 3.63) is 94.7 Å². The summed E-state index contributed by atoms with van der Waals surface area (Å²) < 4.78 is 16.7. The summed E-state index contributed by atoms with van der Waals surface area (Å²) in [5.41, 5.74) is 2.59. The van der Waals surface area contributed by atoms with E-state index in [-0.39, 0.29) is 23.9 Å². The summed E-state index contributed by atoms with van der Waals surface area (Å²) in [6, 6.07) is 19.7. The SMILES string of the molecule is COc1ccc(C(=O)COc2ccc3c(c2C)O/C(=C\c2ccccc2)C3=O)cc1. The van der Waals surface area contributed by atoms with E-state index in [0.29, 0.717) is 33.9 Å². The quantitative estimate of drug-likeness (QED) is 0.436. The number of benzene rings is 3. The molecule has 0 atom stereocenters. The zero-order valence-corrected chi connectivity index (χ0v) is 16.7. The summed E-state index contributed by atoms with van der Waals surface area (Å²) in [6.45, 7) is 1.69. The Morgan fingerprint density at radius 3 is 2.43 bits per heavy atom. The Hall–Kier alpha value is -3.86. The molecule has 0 saturated carbocycles. The normalized spacial score (nSPS) is 13.7. The number of Topliss-reactive ketones (excluding diaryl/α,β-unsaturated/α-hetero) is 2. The first-order valence-corrected chi connectivity index (χ1v) is 9.50. The second-order valence-corrected chi connectivity index (χ2v) is 6.86. The van der Waals surface area contributed by atoms with Crippen molar-refractivity contribution in [1.29, 1.82) is 0 Å². The minimum Gasteiger partial charge on any atom is -0.497 e. The largest absolute Gasteiger partial charge is 0.497 e. The molecule has 0 unspecified atom stereocenters. The van der Waals surface area contributed by atoms with Crippen LogP contribution in [0.2, 0.25) is 0 Å². The maximum atomic E-state index is 12.7. The fraction of sp³-hybridized carbons (Fsp3) is 0.120. The fourth-order valence-corrected chi connectivity index (χ4v) is 3.23. The third-order valence-electron chi connectivity index (χ3n) is 4.90. The molecule has 5 heteroatoms. The molecule has 0 N–H and O–H groups in total. The van der Waals surface area contributed by atoms with Gasteiger partial charge in [-0.05, 0) is 55.0 Å². The van der Waals surface area contributed by atoms with Gasteiger partial charge in [0.25, 0.3) is 0 Å². The van der Waals surface area contributed by atoms with Crippen LogP contribution in [-0.2, 0) is 0 Å². The zero-order chi connectivity index (χ0) is 21.1. The molecule has 3 aromatic carbocycles. The van der Waals surface area contributed by atoms with Crippen molar-refractivity contribution < 1.29 is 23.8 Å². The zero-order valence-electron chi connectivity index (χ0n) is 16.7. The van der Waals surface area contributed by atoms with Gasteiger partial charge in [0.15, 0.2) is 18.1 Å². The molecule has 1 heterocycles. The lowest BCUT2D eigenvalue weighted by atomic mass is 10.1. The van der Waals surface area contributed by atoms with E-state index < -0.39 is 0 Å². The van der Waals surface area contributed by atoms with E-state index in [0.717, 1.165) is 5.56 Å². The van der Waals surface area contributed by atoms with Crippen LogP contribution in [0.5, 0.6) is 17.2 Å². The molecule has 30 heavy (non-hydrogen) atoms. The molecule has 4 rings (SSSR count). The number of ketones is 2. The van der Waals surface area contributed by atoms with Crippen LogP contribution in [0.3, 0.4) is 0 Å². The minimum absolute atomic E-state index is 0.118. The van der Waals surface area contributed by atoms with Gasteiger partial charge in [-0.1, -0.05) is 30.3 Å². The Bertz CT molecular complexity index is 1130. The number of methoxy groups -OCH3 is 1. The molecule has 0 amide bonds. The van der Waals surface area contributed by atoms with Gasteiger partial charge in [0, 0.05) is 11.1 Å². The van der Waals surface area contributed by atoms with Gasteiger partial charge in [0.2, 0.25) is 5.78 Å². The van der Waals surface area contributed by atoms with Crippen LogP contribution in [-0.4, -0.2) is 25.3 Å². The van der Waals surface area contributed by atoms with E-state index in [9.17, 15) is 9.59 Å². The average molecular weight is 400 g/mol. The maximum absolute atomic E-state index is 12.7. The molecule has 3 aromatic rings. The highest BCUT2D eigenvalue weighted by molar-refractivity contribution is 6.15. The fourth-order valence-electron chi connectivity index (χ4n) is 3.23. The first-order chi connectivity index (χ1) is 14.6. The molecule has 0 radical (unpaired) electrons. The summed E-state index contributed by atoms with van der Waals surface area (Å²) in [7, 11) is 1.57. The van der Waals surface area contributed by atoms with Crippen LogP contribution in [0.4, 0.5) is 0 Å². The summed E-state index contributed by atoms with van der Waals surface area (Å²) in [5, 5.41) is 0. The van der Waals surface area contributed by atoms with Crippen molar-refractivity contribution >= 4 is 17.6 Å². The van der Waals surface area contributed by atoms with Gasteiger partial charge in [0.05, 0.1) is 12.7 Å². The van der Waals surface area contributed by atoms with E-state index in [2.05, 4.69) is 0 Å². The van der Waals surface area contributed by atoms with Gasteiger partial charge in [-0.2, -0.15) is 0 Å². The van der Waals surface area contributed by atoms with Gasteiger partial charge in [-0.25, -0.2) is 0 Å². The highest BCUT2D eigenvalue weighted by Gasteiger charge is 2.30. The number of carbonyl (C=O) groups excluding carboxylic acids is 2. The van der Waals surface area contributed by atoms with E-state index in [1.54, 1.807) is 49.6 Å². The van der Waals surface area contributed by atoms with Gasteiger partial charge in [-0.3, -0.25) is 9.59 Å². The van der Waals surface area contributed by atoms with Crippen molar-refractivity contribution in [2.24, 2.45) is 0 Å². The summed E-state index contributed by atoms with van der Waals surface area (Å²) >= 11 is 0. The van der Waals surface area contributed by atoms with Crippen LogP contribution in [0.25, 0.3) is 6.08 Å². The molecule has 0 bridgehead atoms. The van der Waals surface area contributed by atoms with Crippen LogP contribution >= 0.6 is 0 Å². The van der Waals surface area contributed by atoms with Crippen molar-refractivity contribution in [3.8, 4) is 17.2 Å². The number of fused-ring (bicyclic) bond motifs is 1. The monoisotopic (exact) mass is 400 g/mol. The summed E-state index contributed by atoms with van der Waals surface area (Å²) in [6.07, 6.45) is 1.72. The third kappa shape index (κ3) is 3.82. The number of allylic oxidation sites excluding steroid dienone is 1. The van der Waals surface area contributed by atoms with Gasteiger partial charge in [0.1, 0.15) is 17.2 Å². The van der Waals surface area contributed by atoms with Crippen molar-refractivity contribution in [2.45, 2.75) is 6.92 Å². The van der Waals surface area contributed by atoms with E-state index >= 15 is 0 Å². The van der Waals surface area contributed by atoms with Crippen molar-refractivity contribution in [2.75, 3.05) is 13.7 Å². The lowest BCUT2D eigenvalue weighted by Crippen LogP contribution is -2.12. The first kappa shape index (κ1) is 19.5. The smallest absolute Gasteiger partial charge is 0.231 e. The second-order valence-electron chi connectivity index (χ2n) is 6.86. The Morgan fingerprint density at radius 1 is 1.00 bits per heavy atom. The van der Waals surface area contributed by atoms with Crippen molar-refractivity contribution in [1.82, 2.24) is 0 Å². The molecule has 0 aliphatic carbocycles. The average Bonchev–Trinajstić information content (AvgIpc) is 3.10. The molecule has 5 nitrogen and oxygen atoms in total. The Balaban J connectivity index is 1.50. The maximum Gasteiger partial charge on any atom is 0.231 e. The van der Waals surface area contributed by atoms with E-state index in [1.807, 2.05) is 37.3 Å².